The van der Waals surface area contributed by atoms with E-state index < -0.39 is 6.10 Å². The van der Waals surface area contributed by atoms with Crippen LogP contribution >= 0.6 is 22.9 Å². The van der Waals surface area contributed by atoms with E-state index in [1.54, 1.807) is 19.1 Å². The Kier molecular flexibility index (Phi) is 5.31. The zero-order chi connectivity index (χ0) is 17.8. The third-order valence-corrected chi connectivity index (χ3v) is 4.56. The van der Waals surface area contributed by atoms with Crippen LogP contribution in [0.1, 0.15) is 12.5 Å². The van der Waals surface area contributed by atoms with Crippen LogP contribution in [0.2, 0.25) is 5.02 Å². The molecule has 1 aromatic heterocycles. The van der Waals surface area contributed by atoms with Gasteiger partial charge in [0.05, 0.1) is 0 Å². The van der Waals surface area contributed by atoms with Gasteiger partial charge in [0.1, 0.15) is 10.8 Å². The zero-order valence-electron chi connectivity index (χ0n) is 13.7. The summed E-state index contributed by atoms with van der Waals surface area (Å²) in [7, 11) is 0. The lowest BCUT2D eigenvalue weighted by Crippen LogP contribution is -2.30. The summed E-state index contributed by atoms with van der Waals surface area (Å²) in [6.45, 7) is 3.66. The van der Waals surface area contributed by atoms with Crippen molar-refractivity contribution in [2.24, 2.45) is 0 Å². The van der Waals surface area contributed by atoms with Gasteiger partial charge in [-0.25, -0.2) is 0 Å². The van der Waals surface area contributed by atoms with Gasteiger partial charge in [0.15, 0.2) is 6.10 Å². The number of hydrogen-bond acceptors (Lipinski definition) is 5. The summed E-state index contributed by atoms with van der Waals surface area (Å²) in [5.41, 5.74) is 1.97. The molecule has 5 nitrogen and oxygen atoms in total. The number of ether oxygens (including phenoxy) is 1. The highest BCUT2D eigenvalue weighted by molar-refractivity contribution is 7.18. The second-order valence-electron chi connectivity index (χ2n) is 5.49. The predicted molar refractivity (Wildman–Crippen MR) is 100 cm³/mol. The van der Waals surface area contributed by atoms with Crippen LogP contribution in [0.4, 0.5) is 5.13 Å². The maximum absolute atomic E-state index is 12.3. The molecule has 0 fully saturated rings. The summed E-state index contributed by atoms with van der Waals surface area (Å²) in [5, 5.41) is 12.6. The van der Waals surface area contributed by atoms with Crippen molar-refractivity contribution in [2.45, 2.75) is 20.0 Å². The summed E-state index contributed by atoms with van der Waals surface area (Å²) in [6, 6.07) is 14.8. The molecule has 3 rings (SSSR count). The van der Waals surface area contributed by atoms with Crippen LogP contribution < -0.4 is 10.1 Å². The van der Waals surface area contributed by atoms with Crippen LogP contribution in [0.5, 0.6) is 5.75 Å². The van der Waals surface area contributed by atoms with Crippen LogP contribution in [-0.2, 0) is 4.79 Å². The number of rotatable bonds is 5. The molecule has 0 bridgehead atoms. The molecule has 0 aliphatic rings. The summed E-state index contributed by atoms with van der Waals surface area (Å²) < 4.78 is 5.66. The molecule has 2 aromatic carbocycles. The summed E-state index contributed by atoms with van der Waals surface area (Å²) >= 11 is 7.17. The van der Waals surface area contributed by atoms with Crippen molar-refractivity contribution in [3.63, 3.8) is 0 Å². The first-order valence-corrected chi connectivity index (χ1v) is 8.84. The number of hydrogen-bond donors (Lipinski definition) is 1. The monoisotopic (exact) mass is 373 g/mol. The van der Waals surface area contributed by atoms with Crippen molar-refractivity contribution in [2.75, 3.05) is 5.32 Å². The molecule has 0 unspecified atom stereocenters. The largest absolute Gasteiger partial charge is 0.481 e. The average Bonchev–Trinajstić information content (AvgIpc) is 3.04. The molecule has 7 heteroatoms. The maximum atomic E-state index is 12.3. The first-order valence-electron chi connectivity index (χ1n) is 7.65. The third kappa shape index (κ3) is 4.55. The number of anilines is 1. The Morgan fingerprint density at radius 1 is 1.20 bits per heavy atom. The summed E-state index contributed by atoms with van der Waals surface area (Å²) in [4.78, 5) is 12.3. The third-order valence-electron chi connectivity index (χ3n) is 3.42. The van der Waals surface area contributed by atoms with Gasteiger partial charge >= 0.3 is 0 Å². The van der Waals surface area contributed by atoms with E-state index in [1.807, 2.05) is 43.3 Å². The fourth-order valence-electron chi connectivity index (χ4n) is 2.14. The van der Waals surface area contributed by atoms with E-state index in [-0.39, 0.29) is 5.91 Å². The lowest BCUT2D eigenvalue weighted by Gasteiger charge is -2.13. The standard InChI is InChI=1S/C18H16ClN3O2S/c1-11-4-3-5-15(10-11)24-12(2)16(23)20-18-22-21-17(25-18)13-6-8-14(19)9-7-13/h3-10,12H,1-2H3,(H,20,22,23)/t12-/m1/s1. The van der Waals surface area contributed by atoms with Crippen LogP contribution in [-0.4, -0.2) is 22.2 Å². The number of carbonyl (C=O) groups excluding carboxylic acids is 1. The van der Waals surface area contributed by atoms with Crippen molar-refractivity contribution in [1.82, 2.24) is 10.2 Å². The SMILES string of the molecule is Cc1cccc(O[C@H](C)C(=O)Nc2nnc(-c3ccc(Cl)cc3)s2)c1. The number of nitrogens with one attached hydrogen (secondary N) is 1. The summed E-state index contributed by atoms with van der Waals surface area (Å²) in [6.07, 6.45) is -0.648. The molecule has 0 aliphatic heterocycles. The fourth-order valence-corrected chi connectivity index (χ4v) is 3.01. The molecule has 3 aromatic rings. The van der Waals surface area contributed by atoms with Crippen molar-refractivity contribution >= 4 is 34.0 Å². The Labute approximate surface area is 154 Å². The summed E-state index contributed by atoms with van der Waals surface area (Å²) in [5.74, 6) is 0.377. The number of benzene rings is 2. The number of carbonyl (C=O) groups is 1. The van der Waals surface area contributed by atoms with Crippen LogP contribution in [0.25, 0.3) is 10.6 Å². The van der Waals surface area contributed by atoms with Gasteiger partial charge in [0.2, 0.25) is 5.13 Å². The highest BCUT2D eigenvalue weighted by Gasteiger charge is 2.17. The van der Waals surface area contributed by atoms with E-state index in [9.17, 15) is 4.79 Å². The normalized spacial score (nSPS) is 11.8. The van der Waals surface area contributed by atoms with Crippen molar-refractivity contribution < 1.29 is 9.53 Å². The maximum Gasteiger partial charge on any atom is 0.266 e. The van der Waals surface area contributed by atoms with Gasteiger partial charge in [-0.15, -0.1) is 10.2 Å². The highest BCUT2D eigenvalue weighted by atomic mass is 35.5. The first kappa shape index (κ1) is 17.4. The van der Waals surface area contributed by atoms with Crippen molar-refractivity contribution in [1.29, 1.82) is 0 Å². The Morgan fingerprint density at radius 2 is 1.96 bits per heavy atom. The van der Waals surface area contributed by atoms with Gasteiger partial charge in [0.25, 0.3) is 5.91 Å². The van der Waals surface area contributed by atoms with E-state index in [0.717, 1.165) is 11.1 Å². The lowest BCUT2D eigenvalue weighted by molar-refractivity contribution is -0.122. The van der Waals surface area contributed by atoms with Crippen molar-refractivity contribution in [3.05, 3.63) is 59.1 Å². The molecule has 1 amide bonds. The van der Waals surface area contributed by atoms with Gasteiger partial charge in [-0.05, 0) is 43.7 Å². The Bertz CT molecular complexity index is 880. The van der Waals surface area contributed by atoms with Gasteiger partial charge in [-0.1, -0.05) is 47.2 Å². The Hall–Kier alpha value is -2.44. The number of aromatic nitrogens is 2. The lowest BCUT2D eigenvalue weighted by atomic mass is 10.2. The second kappa shape index (κ2) is 7.63. The van der Waals surface area contributed by atoms with Crippen molar-refractivity contribution in [3.8, 4) is 16.3 Å². The Morgan fingerprint density at radius 3 is 2.68 bits per heavy atom. The molecule has 0 aliphatic carbocycles. The van der Waals surface area contributed by atoms with Gasteiger partial charge in [-0.3, -0.25) is 10.1 Å². The topological polar surface area (TPSA) is 64.1 Å². The van der Waals surface area contributed by atoms with E-state index in [4.69, 9.17) is 16.3 Å². The number of amides is 1. The Balaban J connectivity index is 1.64. The fraction of sp³-hybridized carbons (Fsp3) is 0.167. The minimum atomic E-state index is -0.648. The average molecular weight is 374 g/mol. The molecule has 0 saturated heterocycles. The van der Waals surface area contributed by atoms with Crippen LogP contribution in [0.3, 0.4) is 0 Å². The molecule has 128 valence electrons. The highest BCUT2D eigenvalue weighted by Crippen LogP contribution is 2.27. The van der Waals surface area contributed by atoms with Gasteiger partial charge < -0.3 is 4.74 Å². The number of halogens is 1. The molecular weight excluding hydrogens is 358 g/mol. The minimum absolute atomic E-state index is 0.277. The number of nitrogens with zero attached hydrogens (tertiary/aromatic N) is 2. The van der Waals surface area contributed by atoms with E-state index in [0.29, 0.717) is 20.9 Å². The van der Waals surface area contributed by atoms with E-state index in [2.05, 4.69) is 15.5 Å². The quantitative estimate of drug-likeness (QED) is 0.711. The molecule has 0 spiro atoms. The molecule has 25 heavy (non-hydrogen) atoms. The minimum Gasteiger partial charge on any atom is -0.481 e. The predicted octanol–water partition coefficient (Wildman–Crippen LogP) is 4.57. The first-order chi connectivity index (χ1) is 12.0. The molecule has 1 N–H and O–H groups in total. The van der Waals surface area contributed by atoms with Gasteiger partial charge in [0, 0.05) is 10.6 Å². The molecule has 1 atom stereocenters. The second-order valence-corrected chi connectivity index (χ2v) is 6.90. The van der Waals surface area contributed by atoms with E-state index in [1.165, 1.54) is 11.3 Å². The molecule has 0 radical (unpaired) electrons. The smallest absolute Gasteiger partial charge is 0.266 e. The zero-order valence-corrected chi connectivity index (χ0v) is 15.3. The molecule has 1 heterocycles. The van der Waals surface area contributed by atoms with Crippen LogP contribution in [0, 0.1) is 6.92 Å². The van der Waals surface area contributed by atoms with Crippen LogP contribution in [0.15, 0.2) is 48.5 Å². The van der Waals surface area contributed by atoms with Gasteiger partial charge in [-0.2, -0.15) is 0 Å². The van der Waals surface area contributed by atoms with E-state index >= 15 is 0 Å². The number of aryl methyl sites for hydroxylation is 1. The molecule has 0 saturated carbocycles. The molecular formula is C18H16ClN3O2S.